The van der Waals surface area contributed by atoms with E-state index in [1.54, 1.807) is 0 Å². The van der Waals surface area contributed by atoms with E-state index < -0.39 is 0 Å². The zero-order valence-electron chi connectivity index (χ0n) is 11.1. The molecule has 2 rings (SSSR count). The van der Waals surface area contributed by atoms with Gasteiger partial charge in [0.2, 0.25) is 0 Å². The Kier molecular flexibility index (Phi) is 3.57. The van der Waals surface area contributed by atoms with Crippen molar-refractivity contribution in [1.82, 2.24) is 10.2 Å². The summed E-state index contributed by atoms with van der Waals surface area (Å²) in [5.41, 5.74) is 0.322. The van der Waals surface area contributed by atoms with Gasteiger partial charge >= 0.3 is 0 Å². The molecule has 1 aliphatic heterocycles. The van der Waals surface area contributed by atoms with Gasteiger partial charge in [0.25, 0.3) is 0 Å². The molecule has 1 N–H and O–H groups in total. The van der Waals surface area contributed by atoms with Crippen LogP contribution in [0.3, 0.4) is 0 Å². The van der Waals surface area contributed by atoms with Crippen molar-refractivity contribution in [3.8, 4) is 0 Å². The van der Waals surface area contributed by atoms with Crippen LogP contribution in [0.2, 0.25) is 0 Å². The summed E-state index contributed by atoms with van der Waals surface area (Å²) in [5, 5.41) is 3.56. The molecule has 1 saturated heterocycles. The highest BCUT2D eigenvalue weighted by Gasteiger charge is 2.50. The number of methoxy groups -OCH3 is 1. The summed E-state index contributed by atoms with van der Waals surface area (Å²) in [6, 6.07) is 1.39. The first kappa shape index (κ1) is 12.3. The Bertz CT molecular complexity index is 242. The fourth-order valence-corrected chi connectivity index (χ4v) is 3.22. The highest BCUT2D eigenvalue weighted by atomic mass is 16.5. The van der Waals surface area contributed by atoms with E-state index in [0.29, 0.717) is 23.6 Å². The Hall–Kier alpha value is -0.120. The fourth-order valence-electron chi connectivity index (χ4n) is 3.22. The molecule has 0 spiro atoms. The maximum absolute atomic E-state index is 5.53. The first-order valence-corrected chi connectivity index (χ1v) is 6.56. The molecule has 0 aromatic heterocycles. The second-order valence-corrected chi connectivity index (χ2v) is 5.98. The molecule has 3 atom stereocenters. The van der Waals surface area contributed by atoms with Crippen LogP contribution < -0.4 is 5.32 Å². The van der Waals surface area contributed by atoms with Gasteiger partial charge in [-0.3, -0.25) is 4.90 Å². The van der Waals surface area contributed by atoms with E-state index in [2.05, 4.69) is 31.0 Å². The van der Waals surface area contributed by atoms with Crippen molar-refractivity contribution < 1.29 is 4.74 Å². The van der Waals surface area contributed by atoms with Gasteiger partial charge in [-0.15, -0.1) is 0 Å². The molecule has 0 aromatic carbocycles. The average molecular weight is 226 g/mol. The Labute approximate surface area is 99.5 Å². The number of rotatable bonds is 2. The van der Waals surface area contributed by atoms with E-state index in [1.807, 2.05) is 7.11 Å². The lowest BCUT2D eigenvalue weighted by molar-refractivity contribution is -0.136. The maximum Gasteiger partial charge on any atom is 0.0652 e. The number of hydrogen-bond acceptors (Lipinski definition) is 3. The molecule has 0 aromatic rings. The molecular weight excluding hydrogens is 200 g/mol. The molecule has 94 valence electrons. The van der Waals surface area contributed by atoms with Gasteiger partial charge in [0.15, 0.2) is 0 Å². The van der Waals surface area contributed by atoms with Crippen LogP contribution >= 0.6 is 0 Å². The Morgan fingerprint density at radius 3 is 2.69 bits per heavy atom. The fraction of sp³-hybridized carbons (Fsp3) is 1.00. The van der Waals surface area contributed by atoms with E-state index in [4.69, 9.17) is 4.74 Å². The molecule has 16 heavy (non-hydrogen) atoms. The first-order chi connectivity index (χ1) is 7.55. The zero-order valence-corrected chi connectivity index (χ0v) is 11.1. The van der Waals surface area contributed by atoms with Crippen molar-refractivity contribution in [1.29, 1.82) is 0 Å². The lowest BCUT2D eigenvalue weighted by atomic mass is 9.63. The minimum atomic E-state index is 0.322. The summed E-state index contributed by atoms with van der Waals surface area (Å²) >= 11 is 0. The van der Waals surface area contributed by atoms with Crippen LogP contribution in [-0.4, -0.2) is 49.8 Å². The molecule has 2 aliphatic rings. The maximum atomic E-state index is 5.53. The van der Waals surface area contributed by atoms with Crippen LogP contribution in [0.15, 0.2) is 0 Å². The summed E-state index contributed by atoms with van der Waals surface area (Å²) < 4.78 is 5.53. The smallest absolute Gasteiger partial charge is 0.0652 e. The summed E-state index contributed by atoms with van der Waals surface area (Å²) in [7, 11) is 1.84. The molecule has 1 heterocycles. The summed E-state index contributed by atoms with van der Waals surface area (Å²) in [6.45, 7) is 10.5. The number of nitrogens with zero attached hydrogens (tertiary/aromatic N) is 1. The van der Waals surface area contributed by atoms with Crippen LogP contribution in [-0.2, 0) is 4.74 Å². The molecular formula is C13H26N2O. The third-order valence-corrected chi connectivity index (χ3v) is 4.59. The average Bonchev–Trinajstić information content (AvgIpc) is 2.43. The van der Waals surface area contributed by atoms with Crippen molar-refractivity contribution in [3.05, 3.63) is 0 Å². The van der Waals surface area contributed by atoms with E-state index in [1.165, 1.54) is 25.9 Å². The molecule has 3 heteroatoms. The predicted octanol–water partition coefficient (Wildman–Crippen LogP) is 1.48. The van der Waals surface area contributed by atoms with E-state index in [0.717, 1.165) is 6.54 Å². The van der Waals surface area contributed by atoms with Crippen molar-refractivity contribution in [2.75, 3.05) is 26.7 Å². The molecule has 0 amide bonds. The van der Waals surface area contributed by atoms with Crippen molar-refractivity contribution >= 4 is 0 Å². The number of ether oxygens (including phenoxy) is 1. The molecule has 0 bridgehead atoms. The largest absolute Gasteiger partial charge is 0.381 e. The van der Waals surface area contributed by atoms with Gasteiger partial charge < -0.3 is 10.1 Å². The molecule has 1 saturated carbocycles. The van der Waals surface area contributed by atoms with Gasteiger partial charge in [-0.25, -0.2) is 0 Å². The molecule has 2 fully saturated rings. The third kappa shape index (κ3) is 2.13. The topological polar surface area (TPSA) is 24.5 Å². The van der Waals surface area contributed by atoms with Crippen LogP contribution in [0.5, 0.6) is 0 Å². The van der Waals surface area contributed by atoms with E-state index in [9.17, 15) is 0 Å². The standard InChI is InChI=1S/C13H26N2O/c1-10-5-7-15(8-6-14-10)11-9-12(16-4)13(11,2)3/h10-12,14H,5-9H2,1-4H3. The zero-order chi connectivity index (χ0) is 11.8. The SMILES string of the molecule is COC1CC(N2CCNC(C)CC2)C1(C)C. The lowest BCUT2D eigenvalue weighted by Gasteiger charge is -2.55. The normalized spacial score (nSPS) is 40.1. The van der Waals surface area contributed by atoms with Gasteiger partial charge in [0.05, 0.1) is 6.10 Å². The first-order valence-electron chi connectivity index (χ1n) is 6.56. The summed E-state index contributed by atoms with van der Waals surface area (Å²) in [4.78, 5) is 2.66. The number of hydrogen-bond donors (Lipinski definition) is 1. The summed E-state index contributed by atoms with van der Waals surface area (Å²) in [5.74, 6) is 0. The van der Waals surface area contributed by atoms with E-state index >= 15 is 0 Å². The van der Waals surface area contributed by atoms with Gasteiger partial charge in [-0.05, 0) is 26.3 Å². The van der Waals surface area contributed by atoms with E-state index in [-0.39, 0.29) is 0 Å². The van der Waals surface area contributed by atoms with Gasteiger partial charge in [0.1, 0.15) is 0 Å². The van der Waals surface area contributed by atoms with Gasteiger partial charge in [-0.1, -0.05) is 13.8 Å². The quantitative estimate of drug-likeness (QED) is 0.772. The minimum Gasteiger partial charge on any atom is -0.381 e. The second-order valence-electron chi connectivity index (χ2n) is 5.98. The highest BCUT2D eigenvalue weighted by molar-refractivity contribution is 5.04. The summed E-state index contributed by atoms with van der Waals surface area (Å²) in [6.07, 6.45) is 2.92. The Morgan fingerprint density at radius 2 is 2.06 bits per heavy atom. The van der Waals surface area contributed by atoms with Crippen molar-refractivity contribution in [2.45, 2.75) is 51.8 Å². The molecule has 3 nitrogen and oxygen atoms in total. The Balaban J connectivity index is 1.93. The lowest BCUT2D eigenvalue weighted by Crippen LogP contribution is -2.62. The highest BCUT2D eigenvalue weighted by Crippen LogP contribution is 2.45. The van der Waals surface area contributed by atoms with Gasteiger partial charge in [0, 0.05) is 37.7 Å². The molecule has 0 radical (unpaired) electrons. The molecule has 3 unspecified atom stereocenters. The molecule has 1 aliphatic carbocycles. The van der Waals surface area contributed by atoms with Gasteiger partial charge in [-0.2, -0.15) is 0 Å². The minimum absolute atomic E-state index is 0.322. The van der Waals surface area contributed by atoms with Crippen LogP contribution in [0.1, 0.15) is 33.6 Å². The van der Waals surface area contributed by atoms with Crippen LogP contribution in [0.4, 0.5) is 0 Å². The predicted molar refractivity (Wildman–Crippen MR) is 66.6 cm³/mol. The van der Waals surface area contributed by atoms with Crippen molar-refractivity contribution in [3.63, 3.8) is 0 Å². The second kappa shape index (κ2) is 4.63. The Morgan fingerprint density at radius 1 is 1.31 bits per heavy atom. The number of nitrogens with one attached hydrogen (secondary N) is 1. The van der Waals surface area contributed by atoms with Crippen LogP contribution in [0, 0.1) is 5.41 Å². The monoisotopic (exact) mass is 226 g/mol. The van der Waals surface area contributed by atoms with Crippen molar-refractivity contribution in [2.24, 2.45) is 5.41 Å². The third-order valence-electron chi connectivity index (χ3n) is 4.59. The van der Waals surface area contributed by atoms with Crippen LogP contribution in [0.25, 0.3) is 0 Å².